The number of hydrogen-bond donors (Lipinski definition) is 0. The van der Waals surface area contributed by atoms with E-state index in [2.05, 4.69) is 6.92 Å². The fraction of sp³-hybridized carbons (Fsp3) is 0.286. The second kappa shape index (κ2) is 13.1. The summed E-state index contributed by atoms with van der Waals surface area (Å²) in [6.07, 6.45) is 5.16. The van der Waals surface area contributed by atoms with Gasteiger partial charge in [-0.25, -0.2) is 9.59 Å². The maximum absolute atomic E-state index is 12.6. The summed E-state index contributed by atoms with van der Waals surface area (Å²) in [5.41, 5.74) is 1.67. The molecule has 0 aliphatic heterocycles. The van der Waals surface area contributed by atoms with Crippen LogP contribution >= 0.6 is 0 Å². The van der Waals surface area contributed by atoms with Gasteiger partial charge in [0.05, 0.1) is 18.8 Å². The molecule has 0 aliphatic carbocycles. The van der Waals surface area contributed by atoms with E-state index >= 15 is 0 Å². The van der Waals surface area contributed by atoms with Crippen LogP contribution in [0.5, 0.6) is 11.5 Å². The number of rotatable bonds is 12. The fourth-order valence-corrected chi connectivity index (χ4v) is 3.27. The zero-order valence-electron chi connectivity index (χ0n) is 19.0. The normalized spacial score (nSPS) is 10.5. The van der Waals surface area contributed by atoms with E-state index in [0.717, 1.165) is 18.4 Å². The summed E-state index contributed by atoms with van der Waals surface area (Å²) in [6, 6.07) is 23.2. The van der Waals surface area contributed by atoms with Crippen molar-refractivity contribution in [2.75, 3.05) is 13.2 Å². The van der Waals surface area contributed by atoms with E-state index in [-0.39, 0.29) is 17.9 Å². The van der Waals surface area contributed by atoms with Crippen LogP contribution in [0.3, 0.4) is 0 Å². The smallest absolute Gasteiger partial charge is 0.343 e. The lowest BCUT2D eigenvalue weighted by Crippen LogP contribution is -2.14. The van der Waals surface area contributed by atoms with Gasteiger partial charge in [0.15, 0.2) is 0 Å². The molecule has 0 radical (unpaired) electrons. The highest BCUT2D eigenvalue weighted by Gasteiger charge is 2.17. The number of carbonyl (C=O) groups excluding carboxylic acids is 2. The maximum atomic E-state index is 12.6. The third-order valence-corrected chi connectivity index (χ3v) is 5.13. The summed E-state index contributed by atoms with van der Waals surface area (Å²) in [4.78, 5) is 25.2. The Morgan fingerprint density at radius 2 is 1.45 bits per heavy atom. The SMILES string of the molecule is CCCCCCOc1ccc(C(=O)Oc2ccccc2C(=O)OCCc2ccccc2)cc1. The molecule has 5 nitrogen and oxygen atoms in total. The molecular formula is C28H30O5. The molecule has 0 N–H and O–H groups in total. The predicted molar refractivity (Wildman–Crippen MR) is 128 cm³/mol. The quantitative estimate of drug-likeness (QED) is 0.187. The van der Waals surface area contributed by atoms with Gasteiger partial charge >= 0.3 is 11.9 Å². The van der Waals surface area contributed by atoms with Gasteiger partial charge in [-0.05, 0) is 48.4 Å². The molecule has 0 fully saturated rings. The molecule has 0 heterocycles. The first-order valence-corrected chi connectivity index (χ1v) is 11.4. The molecule has 0 atom stereocenters. The summed E-state index contributed by atoms with van der Waals surface area (Å²) < 4.78 is 16.6. The van der Waals surface area contributed by atoms with Gasteiger partial charge in [-0.3, -0.25) is 0 Å². The Morgan fingerprint density at radius 1 is 0.727 bits per heavy atom. The lowest BCUT2D eigenvalue weighted by atomic mass is 10.1. The van der Waals surface area contributed by atoms with Crippen LogP contribution in [0, 0.1) is 0 Å². The summed E-state index contributed by atoms with van der Waals surface area (Å²) in [5, 5.41) is 0. The van der Waals surface area contributed by atoms with Crippen molar-refractivity contribution in [3.63, 3.8) is 0 Å². The average molecular weight is 447 g/mol. The van der Waals surface area contributed by atoms with Gasteiger partial charge < -0.3 is 14.2 Å². The fourth-order valence-electron chi connectivity index (χ4n) is 3.27. The summed E-state index contributed by atoms with van der Waals surface area (Å²) >= 11 is 0. The molecular weight excluding hydrogens is 416 g/mol. The first-order chi connectivity index (χ1) is 16.2. The number of esters is 2. The van der Waals surface area contributed by atoms with E-state index in [1.54, 1.807) is 48.5 Å². The van der Waals surface area contributed by atoms with Gasteiger partial charge in [0.1, 0.15) is 17.1 Å². The monoisotopic (exact) mass is 446 g/mol. The van der Waals surface area contributed by atoms with Gasteiger partial charge in [-0.15, -0.1) is 0 Å². The topological polar surface area (TPSA) is 61.8 Å². The van der Waals surface area contributed by atoms with E-state index in [1.165, 1.54) is 12.8 Å². The molecule has 3 rings (SSSR count). The molecule has 172 valence electrons. The van der Waals surface area contributed by atoms with Crippen LogP contribution in [0.2, 0.25) is 0 Å². The zero-order chi connectivity index (χ0) is 23.3. The molecule has 5 heteroatoms. The van der Waals surface area contributed by atoms with Crippen molar-refractivity contribution in [2.45, 2.75) is 39.0 Å². The van der Waals surface area contributed by atoms with Gasteiger partial charge in [-0.1, -0.05) is 68.7 Å². The second-order valence-corrected chi connectivity index (χ2v) is 7.69. The molecule has 0 aliphatic rings. The van der Waals surface area contributed by atoms with Gasteiger partial charge in [0.2, 0.25) is 0 Å². The summed E-state index contributed by atoms with van der Waals surface area (Å²) in [7, 11) is 0. The van der Waals surface area contributed by atoms with Crippen LogP contribution in [0.25, 0.3) is 0 Å². The van der Waals surface area contributed by atoms with E-state index in [4.69, 9.17) is 14.2 Å². The van der Waals surface area contributed by atoms with Crippen LogP contribution < -0.4 is 9.47 Å². The predicted octanol–water partition coefficient (Wildman–Crippen LogP) is 6.26. The van der Waals surface area contributed by atoms with Crippen molar-refractivity contribution < 1.29 is 23.8 Å². The first-order valence-electron chi connectivity index (χ1n) is 11.4. The molecule has 0 amide bonds. The van der Waals surface area contributed by atoms with Crippen molar-refractivity contribution in [1.82, 2.24) is 0 Å². The number of ether oxygens (including phenoxy) is 3. The molecule has 0 aromatic heterocycles. The third-order valence-electron chi connectivity index (χ3n) is 5.13. The second-order valence-electron chi connectivity index (χ2n) is 7.69. The van der Waals surface area contributed by atoms with Crippen LogP contribution in [-0.4, -0.2) is 25.2 Å². The molecule has 0 saturated heterocycles. The first kappa shape index (κ1) is 24.1. The highest BCUT2D eigenvalue weighted by atomic mass is 16.5. The van der Waals surface area contributed by atoms with Crippen molar-refractivity contribution >= 4 is 11.9 Å². The van der Waals surface area contributed by atoms with E-state index in [1.807, 2.05) is 30.3 Å². The van der Waals surface area contributed by atoms with Crippen LogP contribution in [-0.2, 0) is 11.2 Å². The highest BCUT2D eigenvalue weighted by molar-refractivity contribution is 5.96. The van der Waals surface area contributed by atoms with Crippen molar-refractivity contribution in [1.29, 1.82) is 0 Å². The summed E-state index contributed by atoms with van der Waals surface area (Å²) in [5.74, 6) is -0.191. The van der Waals surface area contributed by atoms with E-state index in [0.29, 0.717) is 24.3 Å². The van der Waals surface area contributed by atoms with Crippen LogP contribution in [0.15, 0.2) is 78.9 Å². The van der Waals surface area contributed by atoms with Gasteiger partial charge in [-0.2, -0.15) is 0 Å². The Bertz CT molecular complexity index is 1010. The minimum atomic E-state index is -0.547. The number of unbranched alkanes of at least 4 members (excludes halogenated alkanes) is 3. The highest BCUT2D eigenvalue weighted by Crippen LogP contribution is 2.21. The summed E-state index contributed by atoms with van der Waals surface area (Å²) in [6.45, 7) is 3.07. The number of benzene rings is 3. The Labute approximate surface area is 195 Å². The lowest BCUT2D eigenvalue weighted by Gasteiger charge is -2.11. The number of carbonyl (C=O) groups is 2. The Hall–Kier alpha value is -3.60. The minimum Gasteiger partial charge on any atom is -0.494 e. The van der Waals surface area contributed by atoms with Crippen molar-refractivity contribution in [3.05, 3.63) is 95.6 Å². The molecule has 0 saturated carbocycles. The molecule has 3 aromatic carbocycles. The molecule has 0 bridgehead atoms. The molecule has 0 spiro atoms. The molecule has 0 unspecified atom stereocenters. The molecule has 33 heavy (non-hydrogen) atoms. The average Bonchev–Trinajstić information content (AvgIpc) is 2.85. The van der Waals surface area contributed by atoms with Crippen LogP contribution in [0.1, 0.15) is 58.9 Å². The minimum absolute atomic E-state index is 0.170. The van der Waals surface area contributed by atoms with Crippen molar-refractivity contribution in [2.24, 2.45) is 0 Å². The van der Waals surface area contributed by atoms with E-state index in [9.17, 15) is 9.59 Å². The largest absolute Gasteiger partial charge is 0.494 e. The number of para-hydroxylation sites is 1. The molecule has 3 aromatic rings. The van der Waals surface area contributed by atoms with E-state index < -0.39 is 11.9 Å². The van der Waals surface area contributed by atoms with Crippen molar-refractivity contribution in [3.8, 4) is 11.5 Å². The Kier molecular flexibility index (Phi) is 9.52. The standard InChI is InChI=1S/C28H30O5/c1-2-3-4-10-20-31-24-17-15-23(16-18-24)27(29)33-26-14-9-8-13-25(26)28(30)32-21-19-22-11-6-5-7-12-22/h5-9,11-18H,2-4,10,19-21H2,1H3. The zero-order valence-corrected chi connectivity index (χ0v) is 19.0. The van der Waals surface area contributed by atoms with Crippen LogP contribution in [0.4, 0.5) is 0 Å². The van der Waals surface area contributed by atoms with Gasteiger partial charge in [0.25, 0.3) is 0 Å². The van der Waals surface area contributed by atoms with Gasteiger partial charge in [0, 0.05) is 6.42 Å². The maximum Gasteiger partial charge on any atom is 0.343 e. The Morgan fingerprint density at radius 3 is 2.21 bits per heavy atom. The number of hydrogen-bond acceptors (Lipinski definition) is 5. The Balaban J connectivity index is 1.54. The third kappa shape index (κ3) is 7.79. The lowest BCUT2D eigenvalue weighted by molar-refractivity contribution is 0.0504.